The standard InChI is InChI=1S/C16H13N3O4S/c1-3-8-17-15(20)11-6-4-5-7-12(11)18-16(21)14-9-13(19(22)23)10(2)24-14/h1,4-7,9H,8H2,2H3,(H,17,20)(H,18,21). The predicted molar refractivity (Wildman–Crippen MR) is 91.3 cm³/mol. The fourth-order valence-corrected chi connectivity index (χ4v) is 2.85. The predicted octanol–water partition coefficient (Wildman–Crippen LogP) is 2.58. The quantitative estimate of drug-likeness (QED) is 0.495. The van der Waals surface area contributed by atoms with Gasteiger partial charge in [-0.2, -0.15) is 0 Å². The molecule has 2 N–H and O–H groups in total. The molecule has 2 amide bonds. The number of anilines is 1. The Morgan fingerprint density at radius 3 is 2.67 bits per heavy atom. The topological polar surface area (TPSA) is 101 Å². The molecule has 24 heavy (non-hydrogen) atoms. The minimum atomic E-state index is -0.538. The van der Waals surface area contributed by atoms with Gasteiger partial charge in [0, 0.05) is 6.07 Å². The van der Waals surface area contributed by atoms with Gasteiger partial charge < -0.3 is 10.6 Å². The second-order valence-corrected chi connectivity index (χ2v) is 5.95. The monoisotopic (exact) mass is 343 g/mol. The summed E-state index contributed by atoms with van der Waals surface area (Å²) in [7, 11) is 0. The smallest absolute Gasteiger partial charge is 0.283 e. The molecule has 0 aliphatic carbocycles. The van der Waals surface area contributed by atoms with E-state index in [0.717, 1.165) is 11.3 Å². The van der Waals surface area contributed by atoms with Crippen molar-refractivity contribution in [3.05, 3.63) is 55.8 Å². The Balaban J connectivity index is 2.24. The lowest BCUT2D eigenvalue weighted by molar-refractivity contribution is -0.385. The van der Waals surface area contributed by atoms with E-state index in [1.165, 1.54) is 6.07 Å². The van der Waals surface area contributed by atoms with Crippen molar-refractivity contribution in [3.63, 3.8) is 0 Å². The first-order valence-electron chi connectivity index (χ1n) is 6.81. The zero-order valence-corrected chi connectivity index (χ0v) is 13.5. The van der Waals surface area contributed by atoms with Crippen molar-refractivity contribution in [2.45, 2.75) is 6.92 Å². The Morgan fingerprint density at radius 1 is 1.33 bits per heavy atom. The molecule has 0 saturated heterocycles. The van der Waals surface area contributed by atoms with Crippen LogP contribution in [-0.2, 0) is 0 Å². The van der Waals surface area contributed by atoms with Gasteiger partial charge in [-0.25, -0.2) is 0 Å². The average Bonchev–Trinajstić information content (AvgIpc) is 2.95. The molecule has 0 aliphatic heterocycles. The summed E-state index contributed by atoms with van der Waals surface area (Å²) in [6.07, 6.45) is 5.10. The first kappa shape index (κ1) is 17.2. The van der Waals surface area contributed by atoms with E-state index in [2.05, 4.69) is 16.6 Å². The summed E-state index contributed by atoms with van der Waals surface area (Å²) in [5.74, 6) is 1.35. The minimum Gasteiger partial charge on any atom is -0.341 e. The molecule has 1 aromatic heterocycles. The minimum absolute atomic E-state index is 0.0669. The molecule has 8 heteroatoms. The van der Waals surface area contributed by atoms with Gasteiger partial charge in [-0.05, 0) is 19.1 Å². The van der Waals surface area contributed by atoms with Crippen LogP contribution in [-0.4, -0.2) is 23.3 Å². The third kappa shape index (κ3) is 3.77. The van der Waals surface area contributed by atoms with E-state index >= 15 is 0 Å². The van der Waals surface area contributed by atoms with Gasteiger partial charge in [0.05, 0.1) is 32.5 Å². The van der Waals surface area contributed by atoms with E-state index in [1.807, 2.05) is 0 Å². The third-order valence-electron chi connectivity index (χ3n) is 3.08. The highest BCUT2D eigenvalue weighted by Gasteiger charge is 2.20. The highest BCUT2D eigenvalue weighted by molar-refractivity contribution is 7.14. The van der Waals surface area contributed by atoms with Crippen LogP contribution in [0, 0.1) is 29.4 Å². The largest absolute Gasteiger partial charge is 0.341 e. The summed E-state index contributed by atoms with van der Waals surface area (Å²) in [4.78, 5) is 35.3. The number of hydrogen-bond donors (Lipinski definition) is 2. The van der Waals surface area contributed by atoms with E-state index in [1.54, 1.807) is 31.2 Å². The van der Waals surface area contributed by atoms with Gasteiger partial charge in [-0.1, -0.05) is 18.1 Å². The van der Waals surface area contributed by atoms with E-state index in [4.69, 9.17) is 6.42 Å². The zero-order valence-electron chi connectivity index (χ0n) is 12.7. The van der Waals surface area contributed by atoms with Gasteiger partial charge in [0.25, 0.3) is 17.5 Å². The van der Waals surface area contributed by atoms with Crippen LogP contribution >= 0.6 is 11.3 Å². The Kier molecular flexibility index (Phi) is 5.29. The van der Waals surface area contributed by atoms with Gasteiger partial charge in [0.1, 0.15) is 0 Å². The van der Waals surface area contributed by atoms with Crippen LogP contribution in [0.25, 0.3) is 0 Å². The van der Waals surface area contributed by atoms with Crippen LogP contribution in [0.4, 0.5) is 11.4 Å². The van der Waals surface area contributed by atoms with Gasteiger partial charge in [0.15, 0.2) is 0 Å². The van der Waals surface area contributed by atoms with Crippen molar-refractivity contribution in [3.8, 4) is 12.3 Å². The second kappa shape index (κ2) is 7.39. The number of benzene rings is 1. The van der Waals surface area contributed by atoms with Crippen molar-refractivity contribution in [2.75, 3.05) is 11.9 Å². The molecule has 0 saturated carbocycles. The summed E-state index contributed by atoms with van der Waals surface area (Å²) in [5.41, 5.74) is 0.444. The number of aryl methyl sites for hydroxylation is 1. The zero-order chi connectivity index (χ0) is 17.7. The van der Waals surface area contributed by atoms with Crippen LogP contribution in [0.1, 0.15) is 24.9 Å². The molecule has 2 rings (SSSR count). The number of rotatable bonds is 5. The lowest BCUT2D eigenvalue weighted by Crippen LogP contribution is -2.25. The van der Waals surface area contributed by atoms with Crippen LogP contribution in [0.15, 0.2) is 30.3 Å². The summed E-state index contributed by atoms with van der Waals surface area (Å²) in [5, 5.41) is 16.0. The van der Waals surface area contributed by atoms with Gasteiger partial charge in [-0.15, -0.1) is 17.8 Å². The van der Waals surface area contributed by atoms with Crippen LogP contribution in [0.3, 0.4) is 0 Å². The molecule has 0 fully saturated rings. The number of amides is 2. The number of para-hydroxylation sites is 1. The lowest BCUT2D eigenvalue weighted by atomic mass is 10.1. The van der Waals surface area contributed by atoms with E-state index < -0.39 is 16.7 Å². The average molecular weight is 343 g/mol. The van der Waals surface area contributed by atoms with Crippen molar-refractivity contribution >= 4 is 34.5 Å². The number of hydrogen-bond acceptors (Lipinski definition) is 5. The fourth-order valence-electron chi connectivity index (χ4n) is 1.97. The normalized spacial score (nSPS) is 9.83. The lowest BCUT2D eigenvalue weighted by Gasteiger charge is -2.09. The van der Waals surface area contributed by atoms with Gasteiger partial charge in [-0.3, -0.25) is 19.7 Å². The van der Waals surface area contributed by atoms with Crippen molar-refractivity contribution in [1.29, 1.82) is 0 Å². The molecular weight excluding hydrogens is 330 g/mol. The van der Waals surface area contributed by atoms with Crippen molar-refractivity contribution in [1.82, 2.24) is 5.32 Å². The van der Waals surface area contributed by atoms with Crippen LogP contribution < -0.4 is 10.6 Å². The highest BCUT2D eigenvalue weighted by Crippen LogP contribution is 2.29. The fraction of sp³-hybridized carbons (Fsp3) is 0.125. The number of nitrogens with one attached hydrogen (secondary N) is 2. The molecule has 0 atom stereocenters. The molecule has 1 heterocycles. The molecule has 0 radical (unpaired) electrons. The SMILES string of the molecule is C#CCNC(=O)c1ccccc1NC(=O)c1cc([N+](=O)[O-])c(C)s1. The summed E-state index contributed by atoms with van der Waals surface area (Å²) >= 11 is 1.02. The maximum absolute atomic E-state index is 12.3. The molecule has 0 bridgehead atoms. The highest BCUT2D eigenvalue weighted by atomic mass is 32.1. The maximum atomic E-state index is 12.3. The van der Waals surface area contributed by atoms with Crippen LogP contribution in [0.5, 0.6) is 0 Å². The molecule has 1 aromatic carbocycles. The van der Waals surface area contributed by atoms with Crippen molar-refractivity contribution in [2.24, 2.45) is 0 Å². The number of carbonyl (C=O) groups is 2. The van der Waals surface area contributed by atoms with E-state index in [0.29, 0.717) is 10.6 Å². The summed E-state index contributed by atoms with van der Waals surface area (Å²) in [6, 6.07) is 7.65. The number of nitrogens with zero attached hydrogens (tertiary/aromatic N) is 1. The summed E-state index contributed by atoms with van der Waals surface area (Å²) in [6.45, 7) is 1.64. The van der Waals surface area contributed by atoms with Crippen LogP contribution in [0.2, 0.25) is 0 Å². The van der Waals surface area contributed by atoms with E-state index in [9.17, 15) is 19.7 Å². The first-order valence-corrected chi connectivity index (χ1v) is 7.62. The Morgan fingerprint density at radius 2 is 2.04 bits per heavy atom. The molecule has 0 spiro atoms. The maximum Gasteiger partial charge on any atom is 0.283 e. The summed E-state index contributed by atoms with van der Waals surface area (Å²) < 4.78 is 0. The second-order valence-electron chi connectivity index (χ2n) is 4.70. The molecule has 0 aliphatic rings. The van der Waals surface area contributed by atoms with Crippen molar-refractivity contribution < 1.29 is 14.5 Å². The molecule has 122 valence electrons. The number of terminal acetylenes is 1. The third-order valence-corrected chi connectivity index (χ3v) is 4.12. The molecular formula is C16H13N3O4S. The number of carbonyl (C=O) groups excluding carboxylic acids is 2. The van der Waals surface area contributed by atoms with Gasteiger partial charge in [0.2, 0.25) is 0 Å². The Hall–Kier alpha value is -3.18. The van der Waals surface area contributed by atoms with Gasteiger partial charge >= 0.3 is 0 Å². The first-order chi connectivity index (χ1) is 11.4. The molecule has 2 aromatic rings. The Bertz CT molecular complexity index is 851. The molecule has 0 unspecified atom stereocenters. The number of nitro groups is 1. The van der Waals surface area contributed by atoms with E-state index in [-0.39, 0.29) is 22.7 Å². The molecule has 7 nitrogen and oxygen atoms in total. The Labute approximate surface area is 141 Å². The number of thiophene rings is 1.